The zero-order valence-electron chi connectivity index (χ0n) is 23.2. The Hall–Kier alpha value is -5.15. The predicted octanol–water partition coefficient (Wildman–Crippen LogP) is 4.34. The zero-order valence-corrected chi connectivity index (χ0v) is 24.8. The van der Waals surface area contributed by atoms with Gasteiger partial charge in [0, 0.05) is 30.1 Å². The molecule has 2 aromatic heterocycles. The number of hydrogen-bond acceptors (Lipinski definition) is 10. The van der Waals surface area contributed by atoms with E-state index in [4.69, 9.17) is 0 Å². The number of aromatic nitrogens is 4. The number of nitrogens with zero attached hydrogens (tertiary/aromatic N) is 4. The number of amides is 1. The molecule has 0 saturated heterocycles. The number of anilines is 5. The van der Waals surface area contributed by atoms with Crippen molar-refractivity contribution in [2.24, 2.45) is 0 Å². The van der Waals surface area contributed by atoms with Crippen molar-refractivity contribution in [1.29, 1.82) is 0 Å². The standard InChI is InChI=1S/C28H26N8O5S2/c1-17-16-26(30-18(2)29-17)35-42(38,39)22-14-10-21(11-15-22)32-27-28(34-25-7-5-4-6-24(25)33-27)36-43(40,41)23-12-8-20(9-13-23)31-19(3)37/h4-16H,1-3H3,(H,31,37)(H,32,33)(H,34,36)(H,29,30,35). The Kier molecular flexibility index (Phi) is 7.93. The molecule has 3 aromatic carbocycles. The van der Waals surface area contributed by atoms with Gasteiger partial charge < -0.3 is 10.6 Å². The van der Waals surface area contributed by atoms with Crippen molar-refractivity contribution >= 4 is 65.8 Å². The molecule has 0 saturated carbocycles. The van der Waals surface area contributed by atoms with E-state index in [1.54, 1.807) is 38.1 Å². The highest BCUT2D eigenvalue weighted by Crippen LogP contribution is 2.28. The molecule has 2 heterocycles. The van der Waals surface area contributed by atoms with Crippen LogP contribution in [0.3, 0.4) is 0 Å². The second-order valence-electron chi connectivity index (χ2n) is 9.42. The van der Waals surface area contributed by atoms with Crippen molar-refractivity contribution in [3.05, 3.63) is 90.4 Å². The largest absolute Gasteiger partial charge is 0.337 e. The van der Waals surface area contributed by atoms with Crippen LogP contribution in [0.4, 0.5) is 28.8 Å². The van der Waals surface area contributed by atoms with Gasteiger partial charge in [-0.25, -0.2) is 36.8 Å². The number of rotatable bonds is 9. The number of para-hydroxylation sites is 2. The summed E-state index contributed by atoms with van der Waals surface area (Å²) in [5.41, 5.74) is 2.45. The van der Waals surface area contributed by atoms with Crippen molar-refractivity contribution in [3.63, 3.8) is 0 Å². The van der Waals surface area contributed by atoms with Crippen molar-refractivity contribution < 1.29 is 21.6 Å². The number of benzene rings is 3. The molecule has 220 valence electrons. The van der Waals surface area contributed by atoms with E-state index >= 15 is 0 Å². The van der Waals surface area contributed by atoms with E-state index in [0.717, 1.165) is 0 Å². The van der Waals surface area contributed by atoms with Gasteiger partial charge in [-0.15, -0.1) is 0 Å². The second-order valence-corrected chi connectivity index (χ2v) is 12.8. The van der Waals surface area contributed by atoms with Crippen LogP contribution < -0.4 is 20.1 Å². The molecule has 0 unspecified atom stereocenters. The first kappa shape index (κ1) is 29.3. The van der Waals surface area contributed by atoms with E-state index in [1.165, 1.54) is 61.5 Å². The van der Waals surface area contributed by atoms with E-state index in [-0.39, 0.29) is 33.2 Å². The Morgan fingerprint density at radius 3 is 1.74 bits per heavy atom. The maximum Gasteiger partial charge on any atom is 0.263 e. The SMILES string of the molecule is CC(=O)Nc1ccc(S(=O)(=O)Nc2nc3ccccc3nc2Nc2ccc(S(=O)(=O)Nc3cc(C)nc(C)n3)cc2)cc1. The van der Waals surface area contributed by atoms with Crippen LogP contribution in [0.2, 0.25) is 0 Å². The van der Waals surface area contributed by atoms with Crippen molar-refractivity contribution in [2.45, 2.75) is 30.6 Å². The number of nitrogens with one attached hydrogen (secondary N) is 4. The second kappa shape index (κ2) is 11.6. The van der Waals surface area contributed by atoms with Gasteiger partial charge in [-0.05, 0) is 74.5 Å². The number of sulfonamides is 2. The molecule has 43 heavy (non-hydrogen) atoms. The molecule has 5 aromatic rings. The fourth-order valence-electron chi connectivity index (χ4n) is 4.09. The summed E-state index contributed by atoms with van der Waals surface area (Å²) in [5.74, 6) is 0.325. The highest BCUT2D eigenvalue weighted by Gasteiger charge is 2.20. The maximum atomic E-state index is 13.2. The highest BCUT2D eigenvalue weighted by atomic mass is 32.2. The molecular weight excluding hydrogens is 592 g/mol. The van der Waals surface area contributed by atoms with Gasteiger partial charge in [0.2, 0.25) is 5.91 Å². The molecule has 0 radical (unpaired) electrons. The number of aryl methyl sites for hydroxylation is 2. The minimum atomic E-state index is -4.11. The van der Waals surface area contributed by atoms with Gasteiger partial charge in [-0.1, -0.05) is 12.1 Å². The molecule has 0 aliphatic carbocycles. The van der Waals surface area contributed by atoms with Crippen molar-refractivity contribution in [3.8, 4) is 0 Å². The van der Waals surface area contributed by atoms with Gasteiger partial charge in [0.1, 0.15) is 11.6 Å². The summed E-state index contributed by atoms with van der Waals surface area (Å²) in [6.45, 7) is 4.75. The van der Waals surface area contributed by atoms with Gasteiger partial charge in [0.15, 0.2) is 11.6 Å². The quantitative estimate of drug-likeness (QED) is 0.185. The van der Waals surface area contributed by atoms with Gasteiger partial charge in [0.05, 0.1) is 20.8 Å². The summed E-state index contributed by atoms with van der Waals surface area (Å²) in [6, 6.07) is 19.9. The lowest BCUT2D eigenvalue weighted by Gasteiger charge is -2.14. The van der Waals surface area contributed by atoms with E-state index in [9.17, 15) is 21.6 Å². The normalized spacial score (nSPS) is 11.6. The summed E-state index contributed by atoms with van der Waals surface area (Å²) >= 11 is 0. The molecule has 5 rings (SSSR count). The first-order valence-electron chi connectivity index (χ1n) is 12.8. The number of carbonyl (C=O) groups is 1. The summed E-state index contributed by atoms with van der Waals surface area (Å²) in [7, 11) is -8.06. The van der Waals surface area contributed by atoms with Crippen molar-refractivity contribution in [1.82, 2.24) is 19.9 Å². The van der Waals surface area contributed by atoms with Crippen LogP contribution in [-0.4, -0.2) is 42.7 Å². The molecule has 0 aliphatic rings. The first-order valence-corrected chi connectivity index (χ1v) is 15.7. The Morgan fingerprint density at radius 1 is 0.651 bits per heavy atom. The molecule has 15 heteroatoms. The Labute approximate surface area is 248 Å². The smallest absolute Gasteiger partial charge is 0.263 e. The lowest BCUT2D eigenvalue weighted by atomic mass is 10.3. The Morgan fingerprint density at radius 2 is 1.19 bits per heavy atom. The van der Waals surface area contributed by atoms with E-state index < -0.39 is 20.0 Å². The van der Waals surface area contributed by atoms with Gasteiger partial charge in [0.25, 0.3) is 20.0 Å². The number of carbonyl (C=O) groups excluding carboxylic acids is 1. The van der Waals surface area contributed by atoms with E-state index in [0.29, 0.717) is 33.9 Å². The molecule has 0 aliphatic heterocycles. The summed E-state index contributed by atoms with van der Waals surface area (Å²) in [4.78, 5) is 28.5. The lowest BCUT2D eigenvalue weighted by Crippen LogP contribution is -2.16. The fraction of sp³-hybridized carbons (Fsp3) is 0.107. The third kappa shape index (κ3) is 7.02. The summed E-state index contributed by atoms with van der Waals surface area (Å²) < 4.78 is 57.3. The van der Waals surface area contributed by atoms with E-state index in [2.05, 4.69) is 40.0 Å². The maximum absolute atomic E-state index is 13.2. The molecule has 4 N–H and O–H groups in total. The van der Waals surface area contributed by atoms with Crippen LogP contribution in [0.15, 0.2) is 88.7 Å². The molecular formula is C28H26N8O5S2. The number of hydrogen-bond donors (Lipinski definition) is 4. The molecule has 0 spiro atoms. The van der Waals surface area contributed by atoms with Crippen molar-refractivity contribution in [2.75, 3.05) is 20.1 Å². The number of fused-ring (bicyclic) bond motifs is 1. The Balaban J connectivity index is 1.42. The summed E-state index contributed by atoms with van der Waals surface area (Å²) in [5, 5.41) is 5.61. The van der Waals surface area contributed by atoms with Gasteiger partial charge in [-0.2, -0.15) is 0 Å². The minimum absolute atomic E-state index is 0.0137. The molecule has 0 atom stereocenters. The predicted molar refractivity (Wildman–Crippen MR) is 163 cm³/mol. The molecule has 0 fully saturated rings. The third-order valence-electron chi connectivity index (χ3n) is 5.92. The minimum Gasteiger partial charge on any atom is -0.337 e. The average molecular weight is 619 g/mol. The van der Waals surface area contributed by atoms with Crippen LogP contribution in [0.5, 0.6) is 0 Å². The topological polar surface area (TPSA) is 185 Å². The van der Waals surface area contributed by atoms with Crippen LogP contribution in [0.25, 0.3) is 11.0 Å². The monoisotopic (exact) mass is 618 g/mol. The Bertz CT molecular complexity index is 2030. The van der Waals surface area contributed by atoms with Crippen LogP contribution >= 0.6 is 0 Å². The van der Waals surface area contributed by atoms with Gasteiger partial charge >= 0.3 is 0 Å². The van der Waals surface area contributed by atoms with Crippen LogP contribution in [0.1, 0.15) is 18.4 Å². The summed E-state index contributed by atoms with van der Waals surface area (Å²) in [6.07, 6.45) is 0. The molecule has 1 amide bonds. The lowest BCUT2D eigenvalue weighted by molar-refractivity contribution is -0.114. The zero-order chi connectivity index (χ0) is 30.8. The average Bonchev–Trinajstić information content (AvgIpc) is 2.92. The third-order valence-corrected chi connectivity index (χ3v) is 8.64. The fourth-order valence-corrected chi connectivity index (χ4v) is 6.09. The van der Waals surface area contributed by atoms with Gasteiger partial charge in [-0.3, -0.25) is 14.2 Å². The van der Waals surface area contributed by atoms with E-state index in [1.807, 2.05) is 0 Å². The van der Waals surface area contributed by atoms with Crippen LogP contribution in [0, 0.1) is 13.8 Å². The highest BCUT2D eigenvalue weighted by molar-refractivity contribution is 7.93. The van der Waals surface area contributed by atoms with Crippen LogP contribution in [-0.2, 0) is 24.8 Å². The first-order chi connectivity index (χ1) is 20.4. The molecule has 13 nitrogen and oxygen atoms in total. The molecule has 0 bridgehead atoms.